The monoisotopic (exact) mass is 320 g/mol. The zero-order valence-electron chi connectivity index (χ0n) is 12.3. The van der Waals surface area contributed by atoms with Crippen molar-refractivity contribution in [3.63, 3.8) is 0 Å². The number of halogens is 2. The lowest BCUT2D eigenvalue weighted by Crippen LogP contribution is -2.20. The molecule has 0 saturated carbocycles. The van der Waals surface area contributed by atoms with Crippen molar-refractivity contribution in [3.8, 4) is 0 Å². The van der Waals surface area contributed by atoms with Crippen molar-refractivity contribution in [2.45, 2.75) is 19.9 Å². The van der Waals surface area contributed by atoms with Gasteiger partial charge in [-0.1, -0.05) is 0 Å². The van der Waals surface area contributed by atoms with E-state index in [1.165, 1.54) is 25.4 Å². The number of rotatable bonds is 5. The predicted molar refractivity (Wildman–Crippen MR) is 77.9 cm³/mol. The van der Waals surface area contributed by atoms with E-state index in [-0.39, 0.29) is 35.6 Å². The van der Waals surface area contributed by atoms with Gasteiger partial charge in [-0.3, -0.25) is 9.78 Å². The number of nitrogens with one attached hydrogen (secondary N) is 1. The minimum Gasteiger partial charge on any atom is -0.478 e. The van der Waals surface area contributed by atoms with E-state index in [4.69, 9.17) is 5.11 Å². The molecule has 1 heterocycles. The van der Waals surface area contributed by atoms with Crippen molar-refractivity contribution in [1.82, 2.24) is 10.3 Å². The SMILES string of the molecule is CC(=O)NCc1cc(F)c(Cc2cncc(C(=O)O)c2)cc1F. The van der Waals surface area contributed by atoms with Gasteiger partial charge in [0.2, 0.25) is 5.91 Å². The second-order valence-corrected chi connectivity index (χ2v) is 5.01. The Balaban J connectivity index is 2.23. The largest absolute Gasteiger partial charge is 0.478 e. The van der Waals surface area contributed by atoms with Crippen LogP contribution in [0, 0.1) is 11.6 Å². The number of hydrogen-bond acceptors (Lipinski definition) is 3. The van der Waals surface area contributed by atoms with E-state index in [2.05, 4.69) is 10.3 Å². The number of carboxylic acid groups (broad SMARTS) is 1. The lowest BCUT2D eigenvalue weighted by molar-refractivity contribution is -0.119. The molecule has 0 bridgehead atoms. The normalized spacial score (nSPS) is 10.4. The highest BCUT2D eigenvalue weighted by molar-refractivity contribution is 5.87. The van der Waals surface area contributed by atoms with Crippen LogP contribution in [-0.4, -0.2) is 22.0 Å². The summed E-state index contributed by atoms with van der Waals surface area (Å²) in [6, 6.07) is 3.42. The summed E-state index contributed by atoms with van der Waals surface area (Å²) in [5.41, 5.74) is 0.556. The summed E-state index contributed by atoms with van der Waals surface area (Å²) >= 11 is 0. The Morgan fingerprint density at radius 2 is 1.78 bits per heavy atom. The van der Waals surface area contributed by atoms with E-state index in [9.17, 15) is 18.4 Å². The van der Waals surface area contributed by atoms with Crippen LogP contribution in [0.3, 0.4) is 0 Å². The summed E-state index contributed by atoms with van der Waals surface area (Å²) in [6.07, 6.45) is 2.59. The fraction of sp³-hybridized carbons (Fsp3) is 0.188. The van der Waals surface area contributed by atoms with Crippen LogP contribution in [0.25, 0.3) is 0 Å². The average Bonchev–Trinajstić information content (AvgIpc) is 2.49. The molecule has 0 aliphatic heterocycles. The van der Waals surface area contributed by atoms with Gasteiger partial charge in [-0.25, -0.2) is 13.6 Å². The van der Waals surface area contributed by atoms with Crippen molar-refractivity contribution in [2.24, 2.45) is 0 Å². The van der Waals surface area contributed by atoms with Gasteiger partial charge >= 0.3 is 5.97 Å². The van der Waals surface area contributed by atoms with E-state index in [1.54, 1.807) is 0 Å². The van der Waals surface area contributed by atoms with Gasteiger partial charge in [-0.05, 0) is 29.3 Å². The van der Waals surface area contributed by atoms with Crippen molar-refractivity contribution < 1.29 is 23.5 Å². The molecule has 2 aromatic rings. The predicted octanol–water partition coefficient (Wildman–Crippen LogP) is 2.28. The van der Waals surface area contributed by atoms with Crippen molar-refractivity contribution in [1.29, 1.82) is 0 Å². The molecule has 1 amide bonds. The summed E-state index contributed by atoms with van der Waals surface area (Å²) in [5.74, 6) is -2.76. The van der Waals surface area contributed by atoms with E-state index in [0.717, 1.165) is 12.1 Å². The van der Waals surface area contributed by atoms with Crippen LogP contribution in [0.2, 0.25) is 0 Å². The van der Waals surface area contributed by atoms with Crippen molar-refractivity contribution in [2.75, 3.05) is 0 Å². The Bertz CT molecular complexity index is 763. The fourth-order valence-electron chi connectivity index (χ4n) is 2.04. The molecule has 0 atom stereocenters. The van der Waals surface area contributed by atoms with Gasteiger partial charge in [0.05, 0.1) is 5.56 Å². The molecule has 5 nitrogen and oxygen atoms in total. The molecule has 2 rings (SSSR count). The Kier molecular flexibility index (Phi) is 5.00. The number of aromatic nitrogens is 1. The minimum absolute atomic E-state index is 0.0112. The van der Waals surface area contributed by atoms with Crippen LogP contribution >= 0.6 is 0 Å². The molecule has 0 unspecified atom stereocenters. The first-order valence-corrected chi connectivity index (χ1v) is 6.75. The van der Waals surface area contributed by atoms with Crippen LogP contribution in [0.1, 0.15) is 34.0 Å². The molecule has 0 radical (unpaired) electrons. The Morgan fingerprint density at radius 1 is 1.13 bits per heavy atom. The van der Waals surface area contributed by atoms with Gasteiger partial charge in [0, 0.05) is 37.8 Å². The van der Waals surface area contributed by atoms with Gasteiger partial charge in [0.1, 0.15) is 11.6 Å². The van der Waals surface area contributed by atoms with Gasteiger partial charge < -0.3 is 10.4 Å². The van der Waals surface area contributed by atoms with Gasteiger partial charge in [0.15, 0.2) is 0 Å². The van der Waals surface area contributed by atoms with Gasteiger partial charge in [-0.2, -0.15) is 0 Å². The summed E-state index contributed by atoms with van der Waals surface area (Å²) in [5, 5.41) is 11.3. The van der Waals surface area contributed by atoms with Crippen molar-refractivity contribution in [3.05, 3.63) is 64.5 Å². The van der Waals surface area contributed by atoms with Crippen LogP contribution in [-0.2, 0) is 17.8 Å². The first-order valence-electron chi connectivity index (χ1n) is 6.75. The zero-order chi connectivity index (χ0) is 17.0. The number of carbonyl (C=O) groups is 2. The Hall–Kier alpha value is -2.83. The molecule has 0 saturated heterocycles. The zero-order valence-corrected chi connectivity index (χ0v) is 12.3. The van der Waals surface area contributed by atoms with Gasteiger partial charge in [-0.15, -0.1) is 0 Å². The first-order chi connectivity index (χ1) is 10.9. The quantitative estimate of drug-likeness (QED) is 0.886. The molecule has 0 spiro atoms. The third kappa shape index (κ3) is 4.32. The highest BCUT2D eigenvalue weighted by atomic mass is 19.1. The summed E-state index contributed by atoms with van der Waals surface area (Å²) in [4.78, 5) is 25.5. The topological polar surface area (TPSA) is 79.3 Å². The lowest BCUT2D eigenvalue weighted by atomic mass is 10.0. The Morgan fingerprint density at radius 3 is 2.43 bits per heavy atom. The number of pyridine rings is 1. The maximum Gasteiger partial charge on any atom is 0.337 e. The average molecular weight is 320 g/mol. The maximum absolute atomic E-state index is 14.1. The second-order valence-electron chi connectivity index (χ2n) is 5.01. The first kappa shape index (κ1) is 16.5. The molecule has 0 aliphatic carbocycles. The third-order valence-electron chi connectivity index (χ3n) is 3.18. The molecule has 1 aromatic heterocycles. The Labute approximate surface area is 131 Å². The molecule has 1 aromatic carbocycles. The molecule has 23 heavy (non-hydrogen) atoms. The highest BCUT2D eigenvalue weighted by Crippen LogP contribution is 2.18. The van der Waals surface area contributed by atoms with E-state index in [1.807, 2.05) is 0 Å². The van der Waals surface area contributed by atoms with Crippen LogP contribution < -0.4 is 5.32 Å². The second kappa shape index (κ2) is 6.95. The number of carboxylic acids is 1. The molecule has 0 aliphatic rings. The summed E-state index contributed by atoms with van der Waals surface area (Å²) in [6.45, 7) is 1.18. The number of amides is 1. The van der Waals surface area contributed by atoms with E-state index in [0.29, 0.717) is 5.56 Å². The molecule has 120 valence electrons. The van der Waals surface area contributed by atoms with Crippen LogP contribution in [0.4, 0.5) is 8.78 Å². The minimum atomic E-state index is -1.14. The highest BCUT2D eigenvalue weighted by Gasteiger charge is 2.12. The summed E-state index contributed by atoms with van der Waals surface area (Å²) in [7, 11) is 0. The van der Waals surface area contributed by atoms with Crippen LogP contribution in [0.15, 0.2) is 30.6 Å². The number of nitrogens with zero attached hydrogens (tertiary/aromatic N) is 1. The van der Waals surface area contributed by atoms with Crippen molar-refractivity contribution >= 4 is 11.9 Å². The molecular formula is C16H14F2N2O3. The molecular weight excluding hydrogens is 306 g/mol. The van der Waals surface area contributed by atoms with Crippen LogP contribution in [0.5, 0.6) is 0 Å². The molecule has 0 fully saturated rings. The fourth-order valence-corrected chi connectivity index (χ4v) is 2.04. The number of hydrogen-bond donors (Lipinski definition) is 2. The third-order valence-corrected chi connectivity index (χ3v) is 3.18. The molecule has 7 heteroatoms. The summed E-state index contributed by atoms with van der Waals surface area (Å²) < 4.78 is 28.0. The van der Waals surface area contributed by atoms with Gasteiger partial charge in [0.25, 0.3) is 0 Å². The molecule has 2 N–H and O–H groups in total. The van der Waals surface area contributed by atoms with E-state index >= 15 is 0 Å². The number of aromatic carboxylic acids is 1. The standard InChI is InChI=1S/C16H14F2N2O3/c1-9(21)20-8-12-5-14(17)11(4-15(12)18)2-10-3-13(16(22)23)7-19-6-10/h3-7H,2,8H2,1H3,(H,20,21)(H,22,23). The smallest absolute Gasteiger partial charge is 0.337 e. The number of benzene rings is 1. The maximum atomic E-state index is 14.1. The lowest BCUT2D eigenvalue weighted by Gasteiger charge is -2.09. The van der Waals surface area contributed by atoms with E-state index < -0.39 is 17.6 Å². The number of carbonyl (C=O) groups excluding carboxylic acids is 1.